The van der Waals surface area contributed by atoms with Crippen LogP contribution in [0.3, 0.4) is 0 Å². The van der Waals surface area contributed by atoms with Gasteiger partial charge in [-0.05, 0) is 17.6 Å². The van der Waals surface area contributed by atoms with E-state index in [9.17, 15) is 8.42 Å². The molecular formula is C7H7FeO2S-. The summed E-state index contributed by atoms with van der Waals surface area (Å²) in [6.45, 7) is 1.77. The average Bonchev–Trinajstić information content (AvgIpc) is 1.88. The van der Waals surface area contributed by atoms with Crippen molar-refractivity contribution in [1.29, 1.82) is 0 Å². The average molecular weight is 211 g/mol. The van der Waals surface area contributed by atoms with E-state index >= 15 is 0 Å². The van der Waals surface area contributed by atoms with Crippen LogP contribution >= 0.6 is 0 Å². The summed E-state index contributed by atoms with van der Waals surface area (Å²) in [5.74, 6) is 0. The zero-order chi connectivity index (χ0) is 7.56. The third kappa shape index (κ3) is 2.66. The van der Waals surface area contributed by atoms with E-state index in [-0.39, 0.29) is 17.1 Å². The van der Waals surface area contributed by atoms with E-state index in [1.807, 2.05) is 6.07 Å². The van der Waals surface area contributed by atoms with Gasteiger partial charge < -0.3 is 8.42 Å². The minimum Gasteiger partial charge on any atom is -0.420 e. The Morgan fingerprint density at radius 3 is 2.09 bits per heavy atom. The van der Waals surface area contributed by atoms with Gasteiger partial charge in [0.2, 0.25) is 0 Å². The Labute approximate surface area is 78.0 Å². The molecule has 0 aromatic heterocycles. The summed E-state index contributed by atoms with van der Waals surface area (Å²) in [6.07, 6.45) is 0. The van der Waals surface area contributed by atoms with Crippen molar-refractivity contribution in [2.24, 2.45) is 0 Å². The molecule has 11 heavy (non-hydrogen) atoms. The van der Waals surface area contributed by atoms with Gasteiger partial charge in [-0.3, -0.25) is 0 Å². The summed E-state index contributed by atoms with van der Waals surface area (Å²) in [7, 11) is -2.09. The fourth-order valence-corrected chi connectivity index (χ4v) is 1.26. The second-order valence-electron chi connectivity index (χ2n) is 2.00. The summed E-state index contributed by atoms with van der Waals surface area (Å²) < 4.78 is 20.8. The van der Waals surface area contributed by atoms with Crippen molar-refractivity contribution in [3.05, 3.63) is 29.8 Å². The van der Waals surface area contributed by atoms with Gasteiger partial charge in [-0.15, -0.1) is 0 Å². The van der Waals surface area contributed by atoms with E-state index in [0.29, 0.717) is 4.90 Å². The fourth-order valence-electron chi connectivity index (χ4n) is 0.743. The van der Waals surface area contributed by atoms with Crippen LogP contribution < -0.4 is 0 Å². The third-order valence-corrected chi connectivity index (χ3v) is 2.09. The van der Waals surface area contributed by atoms with Crippen LogP contribution in [0.15, 0.2) is 29.2 Å². The van der Waals surface area contributed by atoms with E-state index in [2.05, 4.69) is 0 Å². The Balaban J connectivity index is 0.000001000. The SMILES string of the molecule is Cc1ccccc1[S-](=O)=O.[Fe]. The van der Waals surface area contributed by atoms with Crippen LogP contribution in [0.4, 0.5) is 0 Å². The van der Waals surface area contributed by atoms with Gasteiger partial charge in [0.15, 0.2) is 0 Å². The maximum absolute atomic E-state index is 10.4. The number of hydrogen-bond donors (Lipinski definition) is 0. The van der Waals surface area contributed by atoms with Crippen molar-refractivity contribution in [2.75, 3.05) is 0 Å². The van der Waals surface area contributed by atoms with Crippen LogP contribution in [-0.2, 0) is 36.2 Å². The van der Waals surface area contributed by atoms with E-state index in [1.54, 1.807) is 25.1 Å². The summed E-state index contributed by atoms with van der Waals surface area (Å²) in [4.78, 5) is 0.377. The Morgan fingerprint density at radius 2 is 1.73 bits per heavy atom. The predicted octanol–water partition coefficient (Wildman–Crippen LogP) is 1.66. The van der Waals surface area contributed by atoms with Crippen LogP contribution in [0.25, 0.3) is 0 Å². The van der Waals surface area contributed by atoms with Gasteiger partial charge in [-0.2, -0.15) is 0 Å². The quantitative estimate of drug-likeness (QED) is 0.522. The zero-order valence-electron chi connectivity index (χ0n) is 5.89. The first-order chi connectivity index (χ1) is 4.72. The third-order valence-electron chi connectivity index (χ3n) is 1.27. The zero-order valence-corrected chi connectivity index (χ0v) is 7.81. The van der Waals surface area contributed by atoms with Gasteiger partial charge in [0.25, 0.3) is 0 Å². The predicted molar refractivity (Wildman–Crippen MR) is 38.2 cm³/mol. The first-order valence-corrected chi connectivity index (χ1v) is 3.94. The molecule has 2 nitrogen and oxygen atoms in total. The Morgan fingerprint density at radius 1 is 1.18 bits per heavy atom. The van der Waals surface area contributed by atoms with Crippen molar-refractivity contribution < 1.29 is 25.5 Å². The van der Waals surface area contributed by atoms with Crippen LogP contribution in [0, 0.1) is 6.92 Å². The van der Waals surface area contributed by atoms with Crippen molar-refractivity contribution in [1.82, 2.24) is 0 Å². The standard InChI is InChI=1S/C7H7O2S.Fe/c1-6-4-2-3-5-7(6)10(8)9;/h2-5H,1H3;/q-1;. The first kappa shape index (κ1) is 10.7. The minimum absolute atomic E-state index is 0. The van der Waals surface area contributed by atoms with Crippen molar-refractivity contribution in [3.8, 4) is 0 Å². The Hall–Kier alpha value is -0.311. The molecule has 0 saturated heterocycles. The topological polar surface area (TPSA) is 34.1 Å². The molecule has 0 radical (unpaired) electrons. The molecule has 0 spiro atoms. The van der Waals surface area contributed by atoms with Crippen LogP contribution in [0.5, 0.6) is 0 Å². The summed E-state index contributed by atoms with van der Waals surface area (Å²) in [5.41, 5.74) is 0.788. The number of rotatable bonds is 1. The molecule has 62 valence electrons. The molecule has 0 bridgehead atoms. The molecule has 0 saturated carbocycles. The molecule has 0 atom stereocenters. The molecule has 0 amide bonds. The second-order valence-corrected chi connectivity index (χ2v) is 2.91. The molecule has 0 N–H and O–H groups in total. The monoisotopic (exact) mass is 211 g/mol. The normalized spacial score (nSPS) is 9.27. The van der Waals surface area contributed by atoms with E-state index in [1.165, 1.54) is 0 Å². The Kier molecular flexibility index (Phi) is 4.42. The van der Waals surface area contributed by atoms with Gasteiger partial charge in [0.05, 0.1) is 0 Å². The van der Waals surface area contributed by atoms with Crippen molar-refractivity contribution >= 4 is 10.7 Å². The van der Waals surface area contributed by atoms with Crippen LogP contribution in [0.2, 0.25) is 0 Å². The van der Waals surface area contributed by atoms with E-state index < -0.39 is 10.7 Å². The number of aryl methyl sites for hydroxylation is 1. The summed E-state index contributed by atoms with van der Waals surface area (Å²) in [6, 6.07) is 6.87. The van der Waals surface area contributed by atoms with Crippen molar-refractivity contribution in [2.45, 2.75) is 11.8 Å². The van der Waals surface area contributed by atoms with Gasteiger partial charge in [-0.1, -0.05) is 34.7 Å². The molecule has 0 heterocycles. The molecule has 0 aliphatic heterocycles. The smallest absolute Gasteiger partial charge is 0 e. The molecule has 1 aromatic rings. The molecule has 0 aliphatic rings. The van der Waals surface area contributed by atoms with Crippen molar-refractivity contribution in [3.63, 3.8) is 0 Å². The number of benzene rings is 1. The summed E-state index contributed by atoms with van der Waals surface area (Å²) in [5, 5.41) is 0. The van der Waals surface area contributed by atoms with Gasteiger partial charge in [0, 0.05) is 17.1 Å². The van der Waals surface area contributed by atoms with Gasteiger partial charge in [0.1, 0.15) is 0 Å². The fraction of sp³-hybridized carbons (Fsp3) is 0.143. The first-order valence-electron chi connectivity index (χ1n) is 2.86. The Bertz CT molecular complexity index is 299. The number of hydrogen-bond acceptors (Lipinski definition) is 3. The van der Waals surface area contributed by atoms with Gasteiger partial charge in [-0.25, -0.2) is 0 Å². The van der Waals surface area contributed by atoms with Crippen LogP contribution in [-0.4, -0.2) is 0 Å². The molecular weight excluding hydrogens is 204 g/mol. The molecule has 1 rings (SSSR count). The molecule has 0 unspecified atom stereocenters. The molecule has 0 aliphatic carbocycles. The molecule has 4 heteroatoms. The largest absolute Gasteiger partial charge is 0.420 e. The maximum Gasteiger partial charge on any atom is 0 e. The molecule has 0 fully saturated rings. The second kappa shape index (κ2) is 4.54. The maximum atomic E-state index is 10.4. The summed E-state index contributed by atoms with van der Waals surface area (Å²) >= 11 is 0. The van der Waals surface area contributed by atoms with Crippen LogP contribution in [0.1, 0.15) is 5.56 Å². The van der Waals surface area contributed by atoms with Gasteiger partial charge >= 0.3 is 0 Å². The minimum atomic E-state index is -2.09. The van der Waals surface area contributed by atoms with E-state index in [0.717, 1.165) is 5.56 Å². The molecule has 1 aromatic carbocycles. The van der Waals surface area contributed by atoms with E-state index in [4.69, 9.17) is 0 Å².